The predicted octanol–water partition coefficient (Wildman–Crippen LogP) is 2.74. The van der Waals surface area contributed by atoms with E-state index in [9.17, 15) is 15.0 Å². The number of benzene rings is 2. The summed E-state index contributed by atoms with van der Waals surface area (Å²) < 4.78 is 0. The van der Waals surface area contributed by atoms with Gasteiger partial charge in [-0.15, -0.1) is 0 Å². The Morgan fingerprint density at radius 2 is 1.87 bits per heavy atom. The molecule has 0 bridgehead atoms. The van der Waals surface area contributed by atoms with E-state index in [-0.39, 0.29) is 29.2 Å². The zero-order chi connectivity index (χ0) is 16.4. The Morgan fingerprint density at radius 3 is 2.57 bits per heavy atom. The summed E-state index contributed by atoms with van der Waals surface area (Å²) in [5.41, 5.74) is 4.96. The van der Waals surface area contributed by atoms with Crippen LogP contribution in [0.4, 0.5) is 0 Å². The van der Waals surface area contributed by atoms with Crippen molar-refractivity contribution in [3.05, 3.63) is 59.7 Å². The maximum atomic E-state index is 12.1. The number of nitrogens with one attached hydrogen (secondary N) is 1. The quantitative estimate of drug-likeness (QED) is 0.461. The molecule has 2 atom stereocenters. The number of nitrogens with zero attached hydrogens (tertiary/aromatic N) is 1. The highest BCUT2D eigenvalue weighted by Gasteiger charge is 2.43. The lowest BCUT2D eigenvalue weighted by Crippen LogP contribution is -2.21. The molecule has 3 rings (SSSR count). The summed E-state index contributed by atoms with van der Waals surface area (Å²) in [7, 11) is 0. The van der Waals surface area contributed by atoms with Crippen molar-refractivity contribution in [1.82, 2.24) is 5.43 Å². The highest BCUT2D eigenvalue weighted by Crippen LogP contribution is 2.47. The van der Waals surface area contributed by atoms with Crippen molar-refractivity contribution in [2.24, 2.45) is 11.0 Å². The van der Waals surface area contributed by atoms with Crippen molar-refractivity contribution in [2.75, 3.05) is 0 Å². The summed E-state index contributed by atoms with van der Waals surface area (Å²) in [6.45, 7) is 1.73. The van der Waals surface area contributed by atoms with Crippen molar-refractivity contribution in [1.29, 1.82) is 0 Å². The largest absolute Gasteiger partial charge is 0.504 e. The molecule has 2 aromatic carbocycles. The Balaban J connectivity index is 1.61. The minimum Gasteiger partial charge on any atom is -0.504 e. The number of hydrogen-bond acceptors (Lipinski definition) is 4. The molecule has 5 nitrogen and oxygen atoms in total. The molecule has 1 saturated carbocycles. The molecule has 1 fully saturated rings. The molecule has 3 N–H and O–H groups in total. The molecular formula is C18H18N2O3. The first kappa shape index (κ1) is 15.1. The van der Waals surface area contributed by atoms with Gasteiger partial charge < -0.3 is 10.2 Å². The molecule has 1 aliphatic rings. The van der Waals surface area contributed by atoms with Gasteiger partial charge in [-0.05, 0) is 43.0 Å². The van der Waals surface area contributed by atoms with Gasteiger partial charge in [-0.3, -0.25) is 4.79 Å². The van der Waals surface area contributed by atoms with Crippen LogP contribution in [0.1, 0.15) is 30.4 Å². The molecule has 0 aromatic heterocycles. The molecule has 1 amide bonds. The minimum absolute atomic E-state index is 0.0397. The van der Waals surface area contributed by atoms with Gasteiger partial charge in [0, 0.05) is 11.5 Å². The van der Waals surface area contributed by atoms with Gasteiger partial charge in [0.2, 0.25) is 5.91 Å². The fourth-order valence-corrected chi connectivity index (χ4v) is 2.59. The normalized spacial score (nSPS) is 20.1. The summed E-state index contributed by atoms with van der Waals surface area (Å²) >= 11 is 0. The first-order valence-corrected chi connectivity index (χ1v) is 7.47. The molecule has 0 heterocycles. The fourth-order valence-electron chi connectivity index (χ4n) is 2.59. The Hall–Kier alpha value is -2.82. The van der Waals surface area contributed by atoms with Crippen LogP contribution in [0.3, 0.4) is 0 Å². The Kier molecular flexibility index (Phi) is 4.02. The highest BCUT2D eigenvalue weighted by molar-refractivity contribution is 6.00. The van der Waals surface area contributed by atoms with E-state index < -0.39 is 0 Å². The van der Waals surface area contributed by atoms with Gasteiger partial charge in [0.1, 0.15) is 0 Å². The summed E-state index contributed by atoms with van der Waals surface area (Å²) in [6.07, 6.45) is 0.838. The van der Waals surface area contributed by atoms with Crippen LogP contribution < -0.4 is 5.43 Å². The van der Waals surface area contributed by atoms with Crippen LogP contribution >= 0.6 is 0 Å². The van der Waals surface area contributed by atoms with E-state index >= 15 is 0 Å². The first-order chi connectivity index (χ1) is 11.1. The molecule has 5 heteroatoms. The van der Waals surface area contributed by atoms with Gasteiger partial charge in [-0.25, -0.2) is 5.43 Å². The van der Waals surface area contributed by atoms with E-state index in [2.05, 4.69) is 10.5 Å². The number of phenols is 2. The van der Waals surface area contributed by atoms with Crippen molar-refractivity contribution in [2.45, 2.75) is 19.3 Å². The molecule has 23 heavy (non-hydrogen) atoms. The molecule has 0 spiro atoms. The molecular weight excluding hydrogens is 292 g/mol. The second-order valence-electron chi connectivity index (χ2n) is 5.74. The standard InChI is InChI=1S/C18H18N2O3/c1-11(13-7-8-16(21)17(22)9-13)19-20-18(23)15-10-14(15)12-5-3-2-4-6-12/h2-9,14-15,21-22H,10H2,1H3,(H,20,23). The lowest BCUT2D eigenvalue weighted by Gasteiger charge is -2.04. The van der Waals surface area contributed by atoms with Crippen molar-refractivity contribution < 1.29 is 15.0 Å². The lowest BCUT2D eigenvalue weighted by atomic mass is 10.1. The van der Waals surface area contributed by atoms with Crippen LogP contribution in [0.5, 0.6) is 11.5 Å². The van der Waals surface area contributed by atoms with E-state index in [1.165, 1.54) is 17.7 Å². The molecule has 1 aliphatic carbocycles. The number of amides is 1. The number of carbonyl (C=O) groups is 1. The van der Waals surface area contributed by atoms with Crippen LogP contribution in [0.15, 0.2) is 53.6 Å². The molecule has 0 aliphatic heterocycles. The number of hydrogen-bond donors (Lipinski definition) is 3. The van der Waals surface area contributed by atoms with E-state index in [1.807, 2.05) is 30.3 Å². The minimum atomic E-state index is -0.213. The third kappa shape index (κ3) is 3.34. The molecule has 118 valence electrons. The Bertz CT molecular complexity index is 756. The van der Waals surface area contributed by atoms with Crippen molar-refractivity contribution >= 4 is 11.6 Å². The maximum absolute atomic E-state index is 12.1. The van der Waals surface area contributed by atoms with Gasteiger partial charge in [-0.1, -0.05) is 30.3 Å². The van der Waals surface area contributed by atoms with E-state index in [1.54, 1.807) is 13.0 Å². The van der Waals surface area contributed by atoms with Gasteiger partial charge in [0.15, 0.2) is 11.5 Å². The zero-order valence-corrected chi connectivity index (χ0v) is 12.7. The molecule has 0 radical (unpaired) electrons. The monoisotopic (exact) mass is 310 g/mol. The highest BCUT2D eigenvalue weighted by atomic mass is 16.3. The molecule has 2 unspecified atom stereocenters. The maximum Gasteiger partial charge on any atom is 0.243 e. The van der Waals surface area contributed by atoms with Gasteiger partial charge in [0.25, 0.3) is 0 Å². The van der Waals surface area contributed by atoms with Gasteiger partial charge >= 0.3 is 0 Å². The fraction of sp³-hybridized carbons (Fsp3) is 0.222. The summed E-state index contributed by atoms with van der Waals surface area (Å²) in [5.74, 6) is -0.267. The number of hydrazone groups is 1. The van der Waals surface area contributed by atoms with Crippen molar-refractivity contribution in [3.63, 3.8) is 0 Å². The van der Waals surface area contributed by atoms with Crippen LogP contribution in [-0.2, 0) is 4.79 Å². The lowest BCUT2D eigenvalue weighted by molar-refractivity contribution is -0.122. The third-order valence-corrected chi connectivity index (χ3v) is 4.08. The summed E-state index contributed by atoms with van der Waals surface area (Å²) in [5, 5.41) is 22.9. The second kappa shape index (κ2) is 6.12. The van der Waals surface area contributed by atoms with E-state index in [0.717, 1.165) is 6.42 Å². The Morgan fingerprint density at radius 1 is 1.13 bits per heavy atom. The van der Waals surface area contributed by atoms with E-state index in [0.29, 0.717) is 11.3 Å². The van der Waals surface area contributed by atoms with Gasteiger partial charge in [-0.2, -0.15) is 5.10 Å². The first-order valence-electron chi connectivity index (χ1n) is 7.47. The van der Waals surface area contributed by atoms with Crippen molar-refractivity contribution in [3.8, 4) is 11.5 Å². The average molecular weight is 310 g/mol. The van der Waals surface area contributed by atoms with Crippen LogP contribution in [0.25, 0.3) is 0 Å². The smallest absolute Gasteiger partial charge is 0.243 e. The van der Waals surface area contributed by atoms with Crippen LogP contribution in [0, 0.1) is 5.92 Å². The number of aromatic hydroxyl groups is 2. The second-order valence-corrected chi connectivity index (χ2v) is 5.74. The SMILES string of the molecule is CC(=NNC(=O)C1CC1c1ccccc1)c1ccc(O)c(O)c1. The summed E-state index contributed by atoms with van der Waals surface area (Å²) in [6, 6.07) is 14.4. The molecule has 0 saturated heterocycles. The Labute approximate surface area is 134 Å². The van der Waals surface area contributed by atoms with Crippen LogP contribution in [-0.4, -0.2) is 21.8 Å². The number of rotatable bonds is 4. The number of carbonyl (C=O) groups excluding carboxylic acids is 1. The van der Waals surface area contributed by atoms with Crippen LogP contribution in [0.2, 0.25) is 0 Å². The van der Waals surface area contributed by atoms with Gasteiger partial charge in [0.05, 0.1) is 5.71 Å². The predicted molar refractivity (Wildman–Crippen MR) is 87.4 cm³/mol. The number of phenolic OH excluding ortho intramolecular Hbond substituents is 2. The zero-order valence-electron chi connectivity index (χ0n) is 12.7. The van der Waals surface area contributed by atoms with E-state index in [4.69, 9.17) is 0 Å². The summed E-state index contributed by atoms with van der Waals surface area (Å²) in [4.78, 5) is 12.1. The topological polar surface area (TPSA) is 81.9 Å². The molecule has 2 aromatic rings. The average Bonchev–Trinajstić information content (AvgIpc) is 3.36. The third-order valence-electron chi connectivity index (χ3n) is 4.08.